The van der Waals surface area contributed by atoms with E-state index in [2.05, 4.69) is 0 Å². The normalized spacial score (nSPS) is 30.2. The van der Waals surface area contributed by atoms with Gasteiger partial charge in [-0.2, -0.15) is 5.10 Å². The molecule has 1 aromatic carbocycles. The highest BCUT2D eigenvalue weighted by atomic mass is 16.6. The number of hydrogen-bond donors (Lipinski definition) is 1. The summed E-state index contributed by atoms with van der Waals surface area (Å²) in [7, 11) is 1.69. The quantitative estimate of drug-likeness (QED) is 0.855. The smallest absolute Gasteiger partial charge is 0.339 e. The van der Waals surface area contributed by atoms with Crippen LogP contribution in [0.2, 0.25) is 0 Å². The van der Waals surface area contributed by atoms with Crippen LogP contribution in [0.25, 0.3) is 10.9 Å². The van der Waals surface area contributed by atoms with Crippen molar-refractivity contribution in [3.63, 3.8) is 0 Å². The lowest BCUT2D eigenvalue weighted by atomic mass is 9.69. The molecule has 7 nitrogen and oxygen atoms in total. The minimum Gasteiger partial charge on any atom is -0.489 e. The van der Waals surface area contributed by atoms with Crippen LogP contribution in [0.15, 0.2) is 18.3 Å². The lowest BCUT2D eigenvalue weighted by Gasteiger charge is -2.43. The molecule has 2 aromatic rings. The monoisotopic (exact) mass is 358 g/mol. The topological polar surface area (TPSA) is 82.8 Å². The second kappa shape index (κ2) is 5.44. The SMILES string of the molecule is COCC12CC(n3cc4cc(C(=O)O)c(OC5CCC5)cc4n3)(CO1)C2. The summed E-state index contributed by atoms with van der Waals surface area (Å²) in [6.07, 6.45) is 6.89. The third kappa shape index (κ3) is 2.27. The summed E-state index contributed by atoms with van der Waals surface area (Å²) in [6, 6.07) is 3.43. The summed E-state index contributed by atoms with van der Waals surface area (Å²) in [5.74, 6) is -0.554. The maximum absolute atomic E-state index is 11.7. The highest BCUT2D eigenvalue weighted by Crippen LogP contribution is 2.56. The molecule has 26 heavy (non-hydrogen) atoms. The average molecular weight is 358 g/mol. The zero-order valence-corrected chi connectivity index (χ0v) is 14.7. The van der Waals surface area contributed by atoms with Crippen molar-refractivity contribution < 1.29 is 24.1 Å². The second-order valence-electron chi connectivity index (χ2n) is 7.94. The molecule has 0 spiro atoms. The van der Waals surface area contributed by atoms with E-state index in [-0.39, 0.29) is 22.8 Å². The van der Waals surface area contributed by atoms with Gasteiger partial charge in [-0.05, 0) is 25.3 Å². The summed E-state index contributed by atoms with van der Waals surface area (Å²) in [4.78, 5) is 11.7. The van der Waals surface area contributed by atoms with Crippen molar-refractivity contribution in [3.05, 3.63) is 23.9 Å². The van der Waals surface area contributed by atoms with E-state index < -0.39 is 5.97 Å². The van der Waals surface area contributed by atoms with Crippen LogP contribution in [0.1, 0.15) is 42.5 Å². The van der Waals surface area contributed by atoms with Crippen LogP contribution in [-0.2, 0) is 15.0 Å². The van der Waals surface area contributed by atoms with Crippen molar-refractivity contribution in [1.29, 1.82) is 0 Å². The Hall–Kier alpha value is -2.12. The molecule has 4 fully saturated rings. The van der Waals surface area contributed by atoms with Gasteiger partial charge in [-0.1, -0.05) is 0 Å². The number of benzene rings is 1. The Bertz CT molecular complexity index is 879. The van der Waals surface area contributed by atoms with Crippen molar-refractivity contribution >= 4 is 16.9 Å². The Labute approximate surface area is 150 Å². The summed E-state index contributed by atoms with van der Waals surface area (Å²) in [5.41, 5.74) is 0.634. The van der Waals surface area contributed by atoms with Crippen molar-refractivity contribution in [2.45, 2.75) is 49.3 Å². The third-order valence-electron chi connectivity index (χ3n) is 6.02. The Morgan fingerprint density at radius 1 is 1.42 bits per heavy atom. The maximum atomic E-state index is 11.7. The molecular formula is C19H22N2O5. The molecule has 2 saturated heterocycles. The van der Waals surface area contributed by atoms with Crippen LogP contribution in [0.4, 0.5) is 0 Å². The van der Waals surface area contributed by atoms with Crippen LogP contribution < -0.4 is 4.74 Å². The molecular weight excluding hydrogens is 336 g/mol. The number of carboxylic acids is 1. The number of nitrogens with zero attached hydrogens (tertiary/aromatic N) is 2. The van der Waals surface area contributed by atoms with Gasteiger partial charge in [0.2, 0.25) is 0 Å². The van der Waals surface area contributed by atoms with Crippen molar-refractivity contribution in [3.8, 4) is 5.75 Å². The van der Waals surface area contributed by atoms with E-state index in [1.165, 1.54) is 0 Å². The van der Waals surface area contributed by atoms with Gasteiger partial charge in [-0.15, -0.1) is 0 Å². The van der Waals surface area contributed by atoms with Gasteiger partial charge in [0.25, 0.3) is 0 Å². The van der Waals surface area contributed by atoms with Crippen LogP contribution >= 0.6 is 0 Å². The molecule has 7 heteroatoms. The number of carbonyl (C=O) groups is 1. The Kier molecular flexibility index (Phi) is 3.36. The van der Waals surface area contributed by atoms with Crippen LogP contribution in [0.5, 0.6) is 5.75 Å². The van der Waals surface area contributed by atoms with Gasteiger partial charge in [0.05, 0.1) is 36.0 Å². The van der Waals surface area contributed by atoms with E-state index in [0.717, 1.165) is 43.0 Å². The molecule has 2 aliphatic carbocycles. The first-order valence-electron chi connectivity index (χ1n) is 9.09. The highest BCUT2D eigenvalue weighted by molar-refractivity contribution is 5.96. The first-order valence-corrected chi connectivity index (χ1v) is 9.09. The number of rotatable bonds is 6. The predicted octanol–water partition coefficient (Wildman–Crippen LogP) is 2.57. The van der Waals surface area contributed by atoms with Gasteiger partial charge >= 0.3 is 5.97 Å². The Morgan fingerprint density at radius 3 is 2.88 bits per heavy atom. The first-order chi connectivity index (χ1) is 12.5. The molecule has 4 aliphatic rings. The molecule has 0 atom stereocenters. The van der Waals surface area contributed by atoms with Gasteiger partial charge in [0.15, 0.2) is 0 Å². The largest absolute Gasteiger partial charge is 0.489 e. The molecule has 0 amide bonds. The molecule has 0 radical (unpaired) electrons. The number of hydrogen-bond acceptors (Lipinski definition) is 5. The van der Waals surface area contributed by atoms with Crippen molar-refractivity contribution in [2.24, 2.45) is 0 Å². The number of methoxy groups -OCH3 is 1. The molecule has 1 N–H and O–H groups in total. The van der Waals surface area contributed by atoms with Gasteiger partial charge in [0, 0.05) is 37.6 Å². The lowest BCUT2D eigenvalue weighted by Crippen LogP contribution is -2.53. The van der Waals surface area contributed by atoms with E-state index in [0.29, 0.717) is 19.0 Å². The van der Waals surface area contributed by atoms with E-state index >= 15 is 0 Å². The number of aromatic carboxylic acids is 1. The fourth-order valence-corrected chi connectivity index (χ4v) is 4.50. The average Bonchev–Trinajstić information content (AvgIpc) is 3.20. The van der Waals surface area contributed by atoms with Crippen LogP contribution in [0.3, 0.4) is 0 Å². The van der Waals surface area contributed by atoms with E-state index in [9.17, 15) is 9.90 Å². The van der Waals surface area contributed by atoms with E-state index in [4.69, 9.17) is 19.3 Å². The standard InChI is InChI=1S/C19H22N2O5/c1-24-11-19-8-18(9-19,10-25-19)21-7-12-5-14(17(22)23)16(6-15(12)20-21)26-13-3-2-4-13/h5-7,13H,2-4,8-11H2,1H3,(H,22,23). The first kappa shape index (κ1) is 16.1. The van der Waals surface area contributed by atoms with Crippen LogP contribution in [-0.4, -0.2) is 52.9 Å². The fraction of sp³-hybridized carbons (Fsp3) is 0.579. The van der Waals surface area contributed by atoms with E-state index in [1.807, 2.05) is 10.9 Å². The Balaban J connectivity index is 1.49. The number of fused-ring (bicyclic) bond motifs is 2. The molecule has 2 aliphatic heterocycles. The molecule has 1 aromatic heterocycles. The fourth-order valence-electron chi connectivity index (χ4n) is 4.50. The van der Waals surface area contributed by atoms with E-state index in [1.54, 1.807) is 19.2 Å². The minimum absolute atomic E-state index is 0.121. The van der Waals surface area contributed by atoms with Crippen LogP contribution in [0, 0.1) is 0 Å². The second-order valence-corrected chi connectivity index (χ2v) is 7.94. The summed E-state index contributed by atoms with van der Waals surface area (Å²) >= 11 is 0. The zero-order chi connectivity index (χ0) is 17.9. The van der Waals surface area contributed by atoms with Gasteiger partial charge < -0.3 is 19.3 Å². The maximum Gasteiger partial charge on any atom is 0.339 e. The molecule has 0 unspecified atom stereocenters. The summed E-state index contributed by atoms with van der Waals surface area (Å²) in [6.45, 7) is 1.21. The summed E-state index contributed by atoms with van der Waals surface area (Å²) in [5, 5.41) is 15.1. The number of aromatic nitrogens is 2. The predicted molar refractivity (Wildman–Crippen MR) is 92.7 cm³/mol. The van der Waals surface area contributed by atoms with Gasteiger partial charge in [-0.25, -0.2) is 4.79 Å². The lowest BCUT2D eigenvalue weighted by molar-refractivity contribution is -0.0694. The number of ether oxygens (including phenoxy) is 3. The van der Waals surface area contributed by atoms with Crippen molar-refractivity contribution in [2.75, 3.05) is 20.3 Å². The molecule has 3 heterocycles. The molecule has 2 bridgehead atoms. The number of carboxylic acid groups (broad SMARTS) is 1. The molecule has 6 rings (SSSR count). The van der Waals surface area contributed by atoms with Crippen molar-refractivity contribution in [1.82, 2.24) is 9.78 Å². The highest BCUT2D eigenvalue weighted by Gasteiger charge is 2.64. The Morgan fingerprint density at radius 2 is 2.23 bits per heavy atom. The summed E-state index contributed by atoms with van der Waals surface area (Å²) < 4.78 is 19.1. The third-order valence-corrected chi connectivity index (χ3v) is 6.02. The van der Waals surface area contributed by atoms with Gasteiger partial charge in [0.1, 0.15) is 11.3 Å². The minimum atomic E-state index is -0.973. The molecule has 2 saturated carbocycles. The molecule has 138 valence electrons. The van der Waals surface area contributed by atoms with Gasteiger partial charge in [-0.3, -0.25) is 4.68 Å². The zero-order valence-electron chi connectivity index (χ0n) is 14.7.